The van der Waals surface area contributed by atoms with E-state index in [1.54, 1.807) is 18.2 Å². The van der Waals surface area contributed by atoms with Crippen LogP contribution in [0.5, 0.6) is 11.5 Å². The Morgan fingerprint density at radius 1 is 1.15 bits per heavy atom. The lowest BCUT2D eigenvalue weighted by Crippen LogP contribution is -2.24. The van der Waals surface area contributed by atoms with E-state index in [2.05, 4.69) is 12.8 Å². The summed E-state index contributed by atoms with van der Waals surface area (Å²) in [5.41, 5.74) is 2.79. The number of anilines is 1. The number of aryl methyl sites for hydroxylation is 2. The third-order valence-corrected chi connectivity index (χ3v) is 3.36. The van der Waals surface area contributed by atoms with Crippen LogP contribution in [0.3, 0.4) is 0 Å². The second-order valence-electron chi connectivity index (χ2n) is 4.42. The Labute approximate surface area is 123 Å². The molecule has 4 nitrogen and oxygen atoms in total. The fraction of sp³-hybridized carbons (Fsp3) is 0.133. The molecule has 0 saturated carbocycles. The summed E-state index contributed by atoms with van der Waals surface area (Å²) in [4.78, 5) is 12.0. The van der Waals surface area contributed by atoms with Crippen LogP contribution in [0.15, 0.2) is 42.5 Å². The van der Waals surface area contributed by atoms with Crippen LogP contribution in [0.1, 0.15) is 11.1 Å². The van der Waals surface area contributed by atoms with E-state index < -0.39 is 6.09 Å². The number of carbonyl (C=O) groups excluding carboxylic acids is 1. The first-order chi connectivity index (χ1) is 9.49. The topological polar surface area (TPSA) is 49.8 Å². The molecule has 0 aliphatic rings. The van der Waals surface area contributed by atoms with Gasteiger partial charge in [-0.1, -0.05) is 31.0 Å². The Morgan fingerprint density at radius 3 is 2.50 bits per heavy atom. The highest BCUT2D eigenvalue weighted by Crippen LogP contribution is 2.27. The second kappa shape index (κ2) is 5.88. The van der Waals surface area contributed by atoms with Gasteiger partial charge < -0.3 is 9.84 Å². The smallest absolute Gasteiger partial charge is 0.430 e. The van der Waals surface area contributed by atoms with Crippen molar-refractivity contribution in [1.82, 2.24) is 0 Å². The predicted molar refractivity (Wildman–Crippen MR) is 81.5 cm³/mol. The highest BCUT2D eigenvalue weighted by molar-refractivity contribution is 7.82. The summed E-state index contributed by atoms with van der Waals surface area (Å²) in [6.07, 6.45) is -0.682. The van der Waals surface area contributed by atoms with Gasteiger partial charge in [-0.15, -0.1) is 0 Å². The molecule has 0 atom stereocenters. The Kier molecular flexibility index (Phi) is 4.20. The Balaban J connectivity index is 2.16. The molecule has 2 rings (SSSR count). The lowest BCUT2D eigenvalue weighted by Gasteiger charge is -2.16. The van der Waals surface area contributed by atoms with Crippen LogP contribution >= 0.6 is 12.8 Å². The molecule has 0 bridgehead atoms. The number of hydrogen-bond acceptors (Lipinski definition) is 4. The van der Waals surface area contributed by atoms with Crippen LogP contribution in [0.25, 0.3) is 0 Å². The second-order valence-corrected chi connectivity index (χ2v) is 4.82. The van der Waals surface area contributed by atoms with Crippen molar-refractivity contribution < 1.29 is 14.6 Å². The Bertz CT molecular complexity index is 643. The van der Waals surface area contributed by atoms with Gasteiger partial charge in [-0.2, -0.15) is 0 Å². The van der Waals surface area contributed by atoms with Crippen molar-refractivity contribution in [2.24, 2.45) is 0 Å². The quantitative estimate of drug-likeness (QED) is 0.825. The molecule has 0 aliphatic carbocycles. The molecule has 20 heavy (non-hydrogen) atoms. The highest BCUT2D eigenvalue weighted by Gasteiger charge is 2.16. The summed E-state index contributed by atoms with van der Waals surface area (Å²) in [7, 11) is 0. The first-order valence-corrected chi connectivity index (χ1v) is 6.45. The number of para-hydroxylation sites is 2. The summed E-state index contributed by atoms with van der Waals surface area (Å²) in [6, 6.07) is 11.8. The maximum absolute atomic E-state index is 12.0. The van der Waals surface area contributed by atoms with E-state index in [9.17, 15) is 9.90 Å². The van der Waals surface area contributed by atoms with E-state index in [0.29, 0.717) is 5.69 Å². The summed E-state index contributed by atoms with van der Waals surface area (Å²) in [5, 5.41) is 9.57. The molecule has 1 amide bonds. The molecule has 0 fully saturated rings. The maximum atomic E-state index is 12.0. The molecular weight excluding hydrogens is 274 g/mol. The van der Waals surface area contributed by atoms with Gasteiger partial charge in [0.15, 0.2) is 11.5 Å². The monoisotopic (exact) mass is 289 g/mol. The largest absolute Gasteiger partial charge is 0.504 e. The van der Waals surface area contributed by atoms with Crippen LogP contribution in [0.4, 0.5) is 10.5 Å². The van der Waals surface area contributed by atoms with Crippen molar-refractivity contribution in [1.29, 1.82) is 0 Å². The van der Waals surface area contributed by atoms with Crippen molar-refractivity contribution in [2.75, 3.05) is 4.31 Å². The van der Waals surface area contributed by atoms with E-state index in [1.807, 2.05) is 26.0 Å². The molecule has 1 N–H and O–H groups in total. The van der Waals surface area contributed by atoms with E-state index in [-0.39, 0.29) is 11.5 Å². The Hall–Kier alpha value is -2.14. The molecule has 5 heteroatoms. The summed E-state index contributed by atoms with van der Waals surface area (Å²) < 4.78 is 6.19. The lowest BCUT2D eigenvalue weighted by molar-refractivity contribution is 0.210. The van der Waals surface area contributed by atoms with Gasteiger partial charge >= 0.3 is 6.09 Å². The fourth-order valence-electron chi connectivity index (χ4n) is 1.64. The van der Waals surface area contributed by atoms with Gasteiger partial charge in [-0.3, -0.25) is 0 Å². The molecule has 0 saturated heterocycles. The highest BCUT2D eigenvalue weighted by atomic mass is 32.1. The molecule has 104 valence electrons. The standard InChI is InChI=1S/C15H15NO3S/c1-10-7-8-12(9-11(10)2)16(20)15(18)19-14-6-4-3-5-13(14)17/h3-9,17,20H,1-2H3. The van der Waals surface area contributed by atoms with E-state index in [4.69, 9.17) is 4.74 Å². The predicted octanol–water partition coefficient (Wildman–Crippen LogP) is 3.86. The molecule has 0 radical (unpaired) electrons. The summed E-state index contributed by atoms with van der Waals surface area (Å²) in [6.45, 7) is 3.94. The zero-order valence-electron chi connectivity index (χ0n) is 11.2. The van der Waals surface area contributed by atoms with Crippen molar-refractivity contribution in [3.8, 4) is 11.5 Å². The van der Waals surface area contributed by atoms with Crippen molar-refractivity contribution in [3.05, 3.63) is 53.6 Å². The number of phenolic OH excluding ortho intramolecular Hbond substituents is 1. The van der Waals surface area contributed by atoms with Gasteiger partial charge in [0, 0.05) is 0 Å². The third kappa shape index (κ3) is 3.05. The SMILES string of the molecule is Cc1ccc(N(S)C(=O)Oc2ccccc2O)cc1C. The summed E-state index contributed by atoms with van der Waals surface area (Å²) >= 11 is 4.14. The van der Waals surface area contributed by atoms with Gasteiger partial charge in [-0.05, 0) is 49.2 Å². The normalized spacial score (nSPS) is 10.2. The number of carbonyl (C=O) groups is 1. The number of aromatic hydroxyl groups is 1. The van der Waals surface area contributed by atoms with Crippen LogP contribution in [0.2, 0.25) is 0 Å². The first kappa shape index (κ1) is 14.3. The number of amides is 1. The fourth-order valence-corrected chi connectivity index (χ4v) is 1.81. The maximum Gasteiger partial charge on any atom is 0.430 e. The first-order valence-electron chi connectivity index (χ1n) is 6.05. The van der Waals surface area contributed by atoms with Crippen molar-refractivity contribution in [3.63, 3.8) is 0 Å². The van der Waals surface area contributed by atoms with Gasteiger partial charge in [0.25, 0.3) is 0 Å². The van der Waals surface area contributed by atoms with Gasteiger partial charge in [0.1, 0.15) is 0 Å². The van der Waals surface area contributed by atoms with Crippen LogP contribution in [-0.2, 0) is 0 Å². The number of hydrogen-bond donors (Lipinski definition) is 2. The average Bonchev–Trinajstić information content (AvgIpc) is 2.43. The number of ether oxygens (including phenoxy) is 1. The van der Waals surface area contributed by atoms with E-state index in [0.717, 1.165) is 15.4 Å². The van der Waals surface area contributed by atoms with Crippen LogP contribution in [0, 0.1) is 13.8 Å². The molecular formula is C15H15NO3S. The minimum atomic E-state index is -0.682. The average molecular weight is 289 g/mol. The zero-order chi connectivity index (χ0) is 14.7. The molecule has 0 heterocycles. The van der Waals surface area contributed by atoms with E-state index >= 15 is 0 Å². The van der Waals surface area contributed by atoms with E-state index in [1.165, 1.54) is 12.1 Å². The number of benzene rings is 2. The zero-order valence-corrected chi connectivity index (χ0v) is 12.1. The molecule has 0 unspecified atom stereocenters. The Morgan fingerprint density at radius 2 is 1.85 bits per heavy atom. The molecule has 0 aromatic heterocycles. The van der Waals surface area contributed by atoms with Crippen molar-refractivity contribution in [2.45, 2.75) is 13.8 Å². The van der Waals surface area contributed by atoms with Gasteiger partial charge in [-0.25, -0.2) is 9.10 Å². The number of thiol groups is 1. The third-order valence-electron chi connectivity index (χ3n) is 2.97. The lowest BCUT2D eigenvalue weighted by atomic mass is 10.1. The van der Waals surface area contributed by atoms with Crippen molar-refractivity contribution >= 4 is 24.6 Å². The number of rotatable bonds is 2. The van der Waals surface area contributed by atoms with Gasteiger partial charge in [0.05, 0.1) is 5.69 Å². The number of nitrogens with zero attached hydrogens (tertiary/aromatic N) is 1. The number of phenols is 1. The summed E-state index contributed by atoms with van der Waals surface area (Å²) in [5.74, 6) is 0.00283. The van der Waals surface area contributed by atoms with Crippen LogP contribution < -0.4 is 9.04 Å². The van der Waals surface area contributed by atoms with Crippen LogP contribution in [-0.4, -0.2) is 11.2 Å². The minimum absolute atomic E-state index is 0.0947. The minimum Gasteiger partial charge on any atom is -0.504 e. The molecule has 2 aromatic carbocycles. The van der Waals surface area contributed by atoms with Gasteiger partial charge in [0.2, 0.25) is 0 Å². The molecule has 0 spiro atoms. The molecule has 2 aromatic rings. The molecule has 0 aliphatic heterocycles.